The van der Waals surface area contributed by atoms with Gasteiger partial charge in [-0.3, -0.25) is 9.35 Å². The van der Waals surface area contributed by atoms with Crippen molar-refractivity contribution in [3.8, 4) is 0 Å². The second-order valence-corrected chi connectivity index (χ2v) is 9.19. The van der Waals surface area contributed by atoms with Crippen LogP contribution in [0.5, 0.6) is 0 Å². The number of allylic oxidation sites excluding steroid dienone is 1. The van der Waals surface area contributed by atoms with E-state index in [-0.39, 0.29) is 5.60 Å². The van der Waals surface area contributed by atoms with Crippen molar-refractivity contribution < 1.29 is 45.2 Å². The lowest BCUT2D eigenvalue weighted by Crippen LogP contribution is -2.50. The molecule has 4 aliphatic rings. The van der Waals surface area contributed by atoms with Crippen molar-refractivity contribution in [3.05, 3.63) is 12.3 Å². The van der Waals surface area contributed by atoms with Gasteiger partial charge in [0.05, 0.1) is 5.60 Å². The van der Waals surface area contributed by atoms with E-state index in [0.29, 0.717) is 6.92 Å². The predicted octanol–water partition coefficient (Wildman–Crippen LogP) is 3.13. The number of alkyl halides is 4. The number of aliphatic hydroxyl groups is 1. The molecule has 4 rings (SSSR count). The van der Waals surface area contributed by atoms with Gasteiger partial charge in [0.2, 0.25) is 0 Å². The van der Waals surface area contributed by atoms with E-state index in [4.69, 9.17) is 4.55 Å². The summed E-state index contributed by atoms with van der Waals surface area (Å²) < 4.78 is 82.3. The third-order valence-corrected chi connectivity index (χ3v) is 6.22. The molecule has 0 aliphatic heterocycles. The van der Waals surface area contributed by atoms with E-state index in [9.17, 15) is 35.9 Å². The van der Waals surface area contributed by atoms with Crippen LogP contribution in [0.2, 0.25) is 0 Å². The van der Waals surface area contributed by atoms with E-state index in [1.54, 1.807) is 0 Å². The Balaban J connectivity index is 0.000000203. The molecule has 0 heterocycles. The Labute approximate surface area is 154 Å². The first kappa shape index (κ1) is 22.1. The monoisotopic (exact) mass is 418 g/mol. The number of carbonyl (C=O) groups is 1. The van der Waals surface area contributed by atoms with Gasteiger partial charge in [0.1, 0.15) is 0 Å². The summed E-state index contributed by atoms with van der Waals surface area (Å²) in [4.78, 5) is 10.2. The number of hydrogen-bond acceptors (Lipinski definition) is 5. The molecule has 0 radical (unpaired) electrons. The summed E-state index contributed by atoms with van der Waals surface area (Å²) >= 11 is 0. The highest BCUT2D eigenvalue weighted by Gasteiger charge is 2.68. The zero-order chi connectivity index (χ0) is 20.8. The molecule has 2 N–H and O–H groups in total. The summed E-state index contributed by atoms with van der Waals surface area (Å²) in [6, 6.07) is 0. The van der Waals surface area contributed by atoms with Gasteiger partial charge in [-0.25, -0.2) is 0 Å². The fourth-order valence-electron chi connectivity index (χ4n) is 4.63. The van der Waals surface area contributed by atoms with Gasteiger partial charge in [0, 0.05) is 6.92 Å². The molecule has 6 nitrogen and oxygen atoms in total. The number of ether oxygens (including phenoxy) is 1. The summed E-state index contributed by atoms with van der Waals surface area (Å²) in [7, 11) is -6.38. The van der Waals surface area contributed by atoms with Crippen LogP contribution in [-0.2, 0) is 19.6 Å². The van der Waals surface area contributed by atoms with Crippen molar-refractivity contribution in [3.63, 3.8) is 0 Å². The van der Waals surface area contributed by atoms with Crippen molar-refractivity contribution >= 4 is 16.1 Å². The molecule has 0 aromatic rings. The Kier molecular flexibility index (Phi) is 5.73. The normalized spacial score (nSPS) is 32.5. The van der Waals surface area contributed by atoms with E-state index in [1.165, 1.54) is 19.3 Å². The second kappa shape index (κ2) is 7.00. The minimum atomic E-state index is -6.38. The summed E-state index contributed by atoms with van der Waals surface area (Å²) in [5, 5.41) is 4.26. The summed E-state index contributed by atoms with van der Waals surface area (Å²) in [6.45, 7) is 2.92. The molecule has 0 amide bonds. The molecule has 0 spiro atoms. The van der Waals surface area contributed by atoms with Gasteiger partial charge in [0.25, 0.3) is 0 Å². The molecule has 0 saturated heterocycles. The van der Waals surface area contributed by atoms with E-state index in [0.717, 1.165) is 37.0 Å². The molecule has 4 bridgehead atoms. The molecule has 4 aliphatic carbocycles. The third kappa shape index (κ3) is 4.45. The van der Waals surface area contributed by atoms with Crippen LogP contribution in [0, 0.1) is 17.8 Å². The Morgan fingerprint density at radius 3 is 1.70 bits per heavy atom. The van der Waals surface area contributed by atoms with Crippen LogP contribution < -0.4 is 0 Å². The molecule has 156 valence electrons. The molecule has 11 heteroatoms. The first-order chi connectivity index (χ1) is 12.1. The number of hydrogen-bond donors (Lipinski definition) is 2. The van der Waals surface area contributed by atoms with E-state index in [1.807, 2.05) is 0 Å². The molecule has 4 saturated carbocycles. The van der Waals surface area contributed by atoms with Crippen molar-refractivity contribution in [2.45, 2.75) is 62.2 Å². The van der Waals surface area contributed by atoms with Gasteiger partial charge in [-0.05, 0) is 56.3 Å². The Morgan fingerprint density at radius 2 is 1.44 bits per heavy atom. The van der Waals surface area contributed by atoms with Gasteiger partial charge in [0.15, 0.2) is 5.76 Å². The number of carbonyl (C=O) groups excluding carboxylic acids is 1. The highest BCUT2D eigenvalue weighted by molar-refractivity contribution is 7.87. The van der Waals surface area contributed by atoms with Crippen LogP contribution in [0.3, 0.4) is 0 Å². The highest BCUT2D eigenvalue weighted by Crippen LogP contribution is 2.55. The van der Waals surface area contributed by atoms with Crippen LogP contribution in [0.1, 0.15) is 45.4 Å². The topological polar surface area (TPSA) is 101 Å². The quantitative estimate of drug-likeness (QED) is 0.315. The minimum Gasteiger partial charge on any atom is -0.425 e. The van der Waals surface area contributed by atoms with E-state index in [2.05, 4.69) is 11.3 Å². The van der Waals surface area contributed by atoms with Gasteiger partial charge < -0.3 is 9.84 Å². The summed E-state index contributed by atoms with van der Waals surface area (Å²) in [5.74, 6) is -6.23. The second-order valence-electron chi connectivity index (χ2n) is 7.72. The first-order valence-corrected chi connectivity index (χ1v) is 9.84. The van der Waals surface area contributed by atoms with Crippen LogP contribution in [0.15, 0.2) is 12.3 Å². The van der Waals surface area contributed by atoms with Gasteiger partial charge >= 0.3 is 27.3 Å². The molecule has 0 aromatic heterocycles. The summed E-state index contributed by atoms with van der Waals surface area (Å²) in [6.07, 6.45) is 7.66. The third-order valence-electron chi connectivity index (χ3n) is 5.31. The van der Waals surface area contributed by atoms with Crippen LogP contribution in [0.25, 0.3) is 0 Å². The van der Waals surface area contributed by atoms with Gasteiger partial charge in [-0.2, -0.15) is 26.0 Å². The molecule has 0 aromatic carbocycles. The Hall–Kier alpha value is -1.20. The maximum absolute atomic E-state index is 12.8. The molecule has 0 unspecified atom stereocenters. The standard InChI is InChI=1S/C10H16O.C6H6F4O5S/c11-10-4-7-1-8(5-10)3-9(2-7)6-10;1-3(15-4(2)11)5(7,8)6(9,10)16(12,13)14/h7-9,11H,1-6H2;1H2,2H3,(H,12,13,14). The predicted molar refractivity (Wildman–Crippen MR) is 85.5 cm³/mol. The molecular formula is C16H22F4O6S. The van der Waals surface area contributed by atoms with Crippen LogP contribution in [0.4, 0.5) is 17.6 Å². The lowest BCUT2D eigenvalue weighted by atomic mass is 9.54. The van der Waals surface area contributed by atoms with Gasteiger partial charge in [-0.1, -0.05) is 6.58 Å². The van der Waals surface area contributed by atoms with Crippen LogP contribution >= 0.6 is 0 Å². The van der Waals surface area contributed by atoms with Crippen molar-refractivity contribution in [1.29, 1.82) is 0 Å². The molecule has 27 heavy (non-hydrogen) atoms. The van der Waals surface area contributed by atoms with Gasteiger partial charge in [-0.15, -0.1) is 0 Å². The van der Waals surface area contributed by atoms with E-state index < -0.39 is 33.0 Å². The largest absolute Gasteiger partial charge is 0.439 e. The maximum atomic E-state index is 12.8. The lowest BCUT2D eigenvalue weighted by molar-refractivity contribution is -0.169. The first-order valence-electron chi connectivity index (χ1n) is 8.40. The zero-order valence-electron chi connectivity index (χ0n) is 14.6. The smallest absolute Gasteiger partial charge is 0.425 e. The highest BCUT2D eigenvalue weighted by atomic mass is 32.2. The Bertz CT molecular complexity index is 683. The molecular weight excluding hydrogens is 396 g/mol. The maximum Gasteiger partial charge on any atom is 0.439 e. The number of rotatable bonds is 4. The fraction of sp³-hybridized carbons (Fsp3) is 0.812. The molecule has 4 fully saturated rings. The number of halogens is 4. The average molecular weight is 418 g/mol. The van der Waals surface area contributed by atoms with Crippen molar-refractivity contribution in [2.75, 3.05) is 0 Å². The lowest BCUT2D eigenvalue weighted by Gasteiger charge is -2.54. The zero-order valence-corrected chi connectivity index (χ0v) is 15.4. The van der Waals surface area contributed by atoms with Crippen LogP contribution in [-0.4, -0.2) is 40.8 Å². The minimum absolute atomic E-state index is 0.200. The SMILES string of the molecule is C=C(OC(C)=O)C(F)(F)C(F)(F)S(=O)(=O)O.OC12CC3CC(CC(C3)C1)C2. The van der Waals surface area contributed by atoms with Crippen molar-refractivity contribution in [1.82, 2.24) is 0 Å². The van der Waals surface area contributed by atoms with E-state index >= 15 is 0 Å². The van der Waals surface area contributed by atoms with Crippen molar-refractivity contribution in [2.24, 2.45) is 17.8 Å². The summed E-state index contributed by atoms with van der Waals surface area (Å²) in [5.41, 5.74) is -0.200. The average Bonchev–Trinajstić information content (AvgIpc) is 2.42. The fourth-order valence-corrected chi connectivity index (χ4v) is 5.06. The molecule has 0 atom stereocenters. The Morgan fingerprint density at radius 1 is 1.07 bits per heavy atom. The number of esters is 1.